The molecule has 134 valence electrons. The number of anilines is 1. The van der Waals surface area contributed by atoms with Gasteiger partial charge in [0.15, 0.2) is 5.01 Å². The highest BCUT2D eigenvalue weighted by atomic mass is 32.1. The molecule has 6 nitrogen and oxygen atoms in total. The van der Waals surface area contributed by atoms with Gasteiger partial charge in [-0.05, 0) is 18.6 Å². The van der Waals surface area contributed by atoms with Gasteiger partial charge in [-0.2, -0.15) is 13.2 Å². The van der Waals surface area contributed by atoms with E-state index in [2.05, 4.69) is 15.6 Å². The van der Waals surface area contributed by atoms with E-state index >= 15 is 0 Å². The Balaban J connectivity index is 1.90. The molecule has 3 N–H and O–H groups in total. The molecule has 0 spiro atoms. The fraction of sp³-hybridized carbons (Fsp3) is 0.267. The highest BCUT2D eigenvalue weighted by molar-refractivity contribution is 7.10. The number of thiazole rings is 1. The Kier molecular flexibility index (Phi) is 5.97. The van der Waals surface area contributed by atoms with Crippen molar-refractivity contribution in [2.24, 2.45) is 0 Å². The highest BCUT2D eigenvalue weighted by Crippen LogP contribution is 2.34. The number of amides is 2. The zero-order valence-corrected chi connectivity index (χ0v) is 13.6. The lowest BCUT2D eigenvalue weighted by molar-refractivity contribution is -0.138. The van der Waals surface area contributed by atoms with Crippen LogP contribution in [0, 0.1) is 0 Å². The molecule has 0 saturated heterocycles. The van der Waals surface area contributed by atoms with E-state index < -0.39 is 23.2 Å². The van der Waals surface area contributed by atoms with Crippen LogP contribution in [-0.2, 0) is 11.0 Å². The minimum absolute atomic E-state index is 0.0392. The monoisotopic (exact) mass is 373 g/mol. The van der Waals surface area contributed by atoms with Crippen LogP contribution in [0.25, 0.3) is 11.3 Å². The molecule has 1 heterocycles. The van der Waals surface area contributed by atoms with Crippen LogP contribution in [0.4, 0.5) is 23.7 Å². The molecule has 0 atom stereocenters. The smallest absolute Gasteiger partial charge is 0.443 e. The van der Waals surface area contributed by atoms with E-state index in [9.17, 15) is 22.8 Å². The van der Waals surface area contributed by atoms with Crippen LogP contribution in [0.3, 0.4) is 0 Å². The normalized spacial score (nSPS) is 11.2. The molecule has 2 rings (SSSR count). The second-order valence-electron chi connectivity index (χ2n) is 4.99. The number of carbonyl (C=O) groups excluding carboxylic acids is 1. The summed E-state index contributed by atoms with van der Waals surface area (Å²) in [5.74, 6) is -0.937. The summed E-state index contributed by atoms with van der Waals surface area (Å²) in [6.07, 6.45) is -4.20. The summed E-state index contributed by atoms with van der Waals surface area (Å²) >= 11 is 0.522. The molecule has 2 aromatic rings. The van der Waals surface area contributed by atoms with Gasteiger partial charge in [-0.15, -0.1) is 11.3 Å². The maximum Gasteiger partial charge on any atom is 0.443 e. The summed E-state index contributed by atoms with van der Waals surface area (Å²) in [5, 5.41) is 13.9. The first-order valence-corrected chi connectivity index (χ1v) is 8.03. The number of aliphatic carboxylic acids is 1. The first-order chi connectivity index (χ1) is 11.8. The SMILES string of the molecule is O=C(O)CCCNC(=O)Nc1ccc(-c2csc(C(F)(F)F)n2)cc1. The lowest BCUT2D eigenvalue weighted by Gasteiger charge is -2.07. The van der Waals surface area contributed by atoms with Gasteiger partial charge >= 0.3 is 18.2 Å². The van der Waals surface area contributed by atoms with Gasteiger partial charge in [0.25, 0.3) is 0 Å². The van der Waals surface area contributed by atoms with Crippen LogP contribution in [-0.4, -0.2) is 28.6 Å². The van der Waals surface area contributed by atoms with Crippen LogP contribution in [0.15, 0.2) is 29.6 Å². The molecule has 0 aliphatic rings. The maximum absolute atomic E-state index is 12.6. The number of nitrogens with zero attached hydrogens (tertiary/aromatic N) is 1. The number of carboxylic acids is 1. The first kappa shape index (κ1) is 18.7. The predicted molar refractivity (Wildman–Crippen MR) is 86.4 cm³/mol. The number of hydrogen-bond acceptors (Lipinski definition) is 4. The van der Waals surface area contributed by atoms with Gasteiger partial charge in [0.2, 0.25) is 0 Å². The maximum atomic E-state index is 12.6. The van der Waals surface area contributed by atoms with Crippen molar-refractivity contribution in [3.8, 4) is 11.3 Å². The van der Waals surface area contributed by atoms with Crippen molar-refractivity contribution >= 4 is 29.0 Å². The standard InChI is InChI=1S/C15H14F3N3O3S/c16-15(17,18)13-21-11(8-25-13)9-3-5-10(6-4-9)20-14(24)19-7-1-2-12(22)23/h3-6,8H,1-2,7H2,(H,22,23)(H2,19,20,24). The molecule has 0 fully saturated rings. The minimum Gasteiger partial charge on any atom is -0.481 e. The van der Waals surface area contributed by atoms with Crippen molar-refractivity contribution in [1.29, 1.82) is 0 Å². The van der Waals surface area contributed by atoms with E-state index in [4.69, 9.17) is 5.11 Å². The van der Waals surface area contributed by atoms with Gasteiger partial charge in [-0.1, -0.05) is 12.1 Å². The fourth-order valence-corrected chi connectivity index (χ4v) is 2.57. The molecule has 0 unspecified atom stereocenters. The lowest BCUT2D eigenvalue weighted by atomic mass is 10.1. The third kappa shape index (κ3) is 5.75. The number of alkyl halides is 3. The highest BCUT2D eigenvalue weighted by Gasteiger charge is 2.34. The topological polar surface area (TPSA) is 91.3 Å². The summed E-state index contributed by atoms with van der Waals surface area (Å²) in [6.45, 7) is 0.218. The third-order valence-electron chi connectivity index (χ3n) is 3.04. The van der Waals surface area contributed by atoms with Crippen LogP contribution in [0.2, 0.25) is 0 Å². The van der Waals surface area contributed by atoms with Crippen molar-refractivity contribution in [2.45, 2.75) is 19.0 Å². The Bertz CT molecular complexity index is 744. The molecule has 2 amide bonds. The first-order valence-electron chi connectivity index (χ1n) is 7.15. The van der Waals surface area contributed by atoms with Crippen molar-refractivity contribution in [1.82, 2.24) is 10.3 Å². The third-order valence-corrected chi connectivity index (χ3v) is 3.93. The predicted octanol–water partition coefficient (Wildman–Crippen LogP) is 3.82. The zero-order valence-electron chi connectivity index (χ0n) is 12.8. The van der Waals surface area contributed by atoms with E-state index in [-0.39, 0.29) is 18.7 Å². The van der Waals surface area contributed by atoms with Gasteiger partial charge < -0.3 is 15.7 Å². The van der Waals surface area contributed by atoms with Gasteiger partial charge in [0, 0.05) is 29.6 Å². The number of halogens is 3. The Morgan fingerprint density at radius 1 is 1.20 bits per heavy atom. The quantitative estimate of drug-likeness (QED) is 0.672. The van der Waals surface area contributed by atoms with E-state index in [1.807, 2.05) is 0 Å². The molecule has 0 saturated carbocycles. The number of urea groups is 1. The van der Waals surface area contributed by atoms with Crippen molar-refractivity contribution in [2.75, 3.05) is 11.9 Å². The Morgan fingerprint density at radius 2 is 1.88 bits per heavy atom. The zero-order chi connectivity index (χ0) is 18.4. The molecule has 0 aliphatic heterocycles. The van der Waals surface area contributed by atoms with Gasteiger partial charge in [-0.3, -0.25) is 4.79 Å². The minimum atomic E-state index is -4.47. The number of carboxylic acid groups (broad SMARTS) is 1. The molecule has 0 radical (unpaired) electrons. The number of aromatic nitrogens is 1. The second-order valence-corrected chi connectivity index (χ2v) is 5.85. The molecule has 0 bridgehead atoms. The molecule has 0 aliphatic carbocycles. The van der Waals surface area contributed by atoms with Gasteiger partial charge in [-0.25, -0.2) is 9.78 Å². The average Bonchev–Trinajstić information content (AvgIpc) is 3.02. The van der Waals surface area contributed by atoms with Crippen LogP contribution < -0.4 is 10.6 Å². The summed E-state index contributed by atoms with van der Waals surface area (Å²) in [6, 6.07) is 5.69. The van der Waals surface area contributed by atoms with E-state index in [1.54, 1.807) is 24.3 Å². The molecule has 1 aromatic heterocycles. The van der Waals surface area contributed by atoms with Crippen molar-refractivity contribution in [3.05, 3.63) is 34.7 Å². The van der Waals surface area contributed by atoms with Crippen molar-refractivity contribution < 1.29 is 27.9 Å². The summed E-state index contributed by atoms with van der Waals surface area (Å²) in [7, 11) is 0. The van der Waals surface area contributed by atoms with Crippen LogP contribution >= 0.6 is 11.3 Å². The molecular weight excluding hydrogens is 359 g/mol. The van der Waals surface area contributed by atoms with Crippen LogP contribution in [0.5, 0.6) is 0 Å². The number of carbonyl (C=O) groups is 2. The van der Waals surface area contributed by atoms with E-state index in [0.717, 1.165) is 0 Å². The number of benzene rings is 1. The van der Waals surface area contributed by atoms with Gasteiger partial charge in [0.05, 0.1) is 5.69 Å². The largest absolute Gasteiger partial charge is 0.481 e. The summed E-state index contributed by atoms with van der Waals surface area (Å²) in [4.78, 5) is 25.5. The number of nitrogens with one attached hydrogen (secondary N) is 2. The second kappa shape index (κ2) is 7.97. The summed E-state index contributed by atoms with van der Waals surface area (Å²) in [5.41, 5.74) is 1.16. The van der Waals surface area contributed by atoms with E-state index in [0.29, 0.717) is 29.0 Å². The lowest BCUT2D eigenvalue weighted by Crippen LogP contribution is -2.29. The fourth-order valence-electron chi connectivity index (χ4n) is 1.88. The summed E-state index contributed by atoms with van der Waals surface area (Å²) < 4.78 is 37.7. The number of hydrogen-bond donors (Lipinski definition) is 3. The Hall–Kier alpha value is -2.62. The van der Waals surface area contributed by atoms with Crippen LogP contribution in [0.1, 0.15) is 17.8 Å². The molecule has 25 heavy (non-hydrogen) atoms. The molecule has 1 aromatic carbocycles. The molecule has 10 heteroatoms. The number of rotatable bonds is 6. The molecular formula is C15H14F3N3O3S. The Morgan fingerprint density at radius 3 is 2.44 bits per heavy atom. The van der Waals surface area contributed by atoms with Crippen molar-refractivity contribution in [3.63, 3.8) is 0 Å². The average molecular weight is 373 g/mol. The van der Waals surface area contributed by atoms with Gasteiger partial charge in [0.1, 0.15) is 0 Å². The van der Waals surface area contributed by atoms with E-state index in [1.165, 1.54) is 5.38 Å². The Labute approximate surface area is 144 Å².